The minimum Gasteiger partial charge on any atom is -0.378 e. The van der Waals surface area contributed by atoms with Crippen LogP contribution < -0.4 is 5.32 Å². The summed E-state index contributed by atoms with van der Waals surface area (Å²) in [5.74, 6) is 0.0387. The molecule has 0 radical (unpaired) electrons. The average Bonchev–Trinajstić information content (AvgIpc) is 2.43. The molecule has 5 nitrogen and oxygen atoms in total. The Morgan fingerprint density at radius 3 is 2.74 bits per heavy atom. The summed E-state index contributed by atoms with van der Waals surface area (Å²) in [5, 5.41) is 3.04. The van der Waals surface area contributed by atoms with Gasteiger partial charge in [-0.1, -0.05) is 0 Å². The molecule has 1 saturated heterocycles. The third-order valence-electron chi connectivity index (χ3n) is 3.24. The fourth-order valence-electron chi connectivity index (χ4n) is 2.08. The standard InChI is InChI=1S/C13H21FN4O/c1-18-6-3-12(4-7-18)19-8-2-5-15-13-16-9-11(14)10-17-13/h9-10,12H,2-8H2,1H3,(H,15,16,17). The number of likely N-dealkylation sites (tertiary alicyclic amines) is 1. The normalized spacial score (nSPS) is 17.6. The van der Waals surface area contributed by atoms with Crippen LogP contribution in [-0.4, -0.2) is 54.3 Å². The van der Waals surface area contributed by atoms with Crippen molar-refractivity contribution < 1.29 is 9.13 Å². The van der Waals surface area contributed by atoms with Gasteiger partial charge in [0.05, 0.1) is 18.5 Å². The molecule has 106 valence electrons. The van der Waals surface area contributed by atoms with Gasteiger partial charge in [0.2, 0.25) is 5.95 Å². The molecule has 0 atom stereocenters. The Morgan fingerprint density at radius 2 is 2.05 bits per heavy atom. The zero-order chi connectivity index (χ0) is 13.5. The second-order valence-corrected chi connectivity index (χ2v) is 4.88. The van der Waals surface area contributed by atoms with E-state index in [0.29, 0.717) is 12.1 Å². The molecule has 0 amide bonds. The van der Waals surface area contributed by atoms with Crippen LogP contribution >= 0.6 is 0 Å². The summed E-state index contributed by atoms with van der Waals surface area (Å²) in [7, 11) is 2.14. The van der Waals surface area contributed by atoms with Gasteiger partial charge in [-0.05, 0) is 26.3 Å². The Kier molecular flexibility index (Phi) is 5.47. The van der Waals surface area contributed by atoms with Gasteiger partial charge >= 0.3 is 0 Å². The van der Waals surface area contributed by atoms with Gasteiger partial charge in [0.15, 0.2) is 5.82 Å². The predicted molar refractivity (Wildman–Crippen MR) is 71.6 cm³/mol. The van der Waals surface area contributed by atoms with Crippen LogP contribution in [-0.2, 0) is 4.74 Å². The van der Waals surface area contributed by atoms with E-state index >= 15 is 0 Å². The van der Waals surface area contributed by atoms with Crippen molar-refractivity contribution in [2.45, 2.75) is 25.4 Å². The Bertz CT molecular complexity index is 365. The molecule has 0 aromatic carbocycles. The van der Waals surface area contributed by atoms with E-state index in [2.05, 4.69) is 27.2 Å². The molecule has 1 N–H and O–H groups in total. The second kappa shape index (κ2) is 7.35. The topological polar surface area (TPSA) is 50.3 Å². The van der Waals surface area contributed by atoms with Crippen molar-refractivity contribution in [3.8, 4) is 0 Å². The van der Waals surface area contributed by atoms with Crippen molar-refractivity contribution in [1.82, 2.24) is 14.9 Å². The molecule has 1 fully saturated rings. The highest BCUT2D eigenvalue weighted by atomic mass is 19.1. The second-order valence-electron chi connectivity index (χ2n) is 4.88. The SMILES string of the molecule is CN1CCC(OCCCNc2ncc(F)cn2)CC1. The molecule has 6 heteroatoms. The number of hydrogen-bond donors (Lipinski definition) is 1. The van der Waals surface area contributed by atoms with Gasteiger partial charge in [0, 0.05) is 26.2 Å². The van der Waals surface area contributed by atoms with Gasteiger partial charge in [0.1, 0.15) is 0 Å². The molecule has 1 aromatic rings. The van der Waals surface area contributed by atoms with Gasteiger partial charge in [0.25, 0.3) is 0 Å². The Labute approximate surface area is 113 Å². The molecule has 0 spiro atoms. The van der Waals surface area contributed by atoms with Gasteiger partial charge in [-0.2, -0.15) is 0 Å². The van der Waals surface area contributed by atoms with Crippen LogP contribution in [0.4, 0.5) is 10.3 Å². The monoisotopic (exact) mass is 268 g/mol. The van der Waals surface area contributed by atoms with E-state index in [-0.39, 0.29) is 0 Å². The number of halogens is 1. The van der Waals surface area contributed by atoms with Crippen LogP contribution in [0, 0.1) is 5.82 Å². The minimum atomic E-state index is -0.420. The smallest absolute Gasteiger partial charge is 0.222 e. The Morgan fingerprint density at radius 1 is 1.37 bits per heavy atom. The molecule has 2 rings (SSSR count). The fourth-order valence-corrected chi connectivity index (χ4v) is 2.08. The predicted octanol–water partition coefficient (Wildman–Crippen LogP) is 1.53. The quantitative estimate of drug-likeness (QED) is 0.793. The summed E-state index contributed by atoms with van der Waals surface area (Å²) < 4.78 is 18.4. The first-order valence-corrected chi connectivity index (χ1v) is 6.75. The summed E-state index contributed by atoms with van der Waals surface area (Å²) in [6.07, 6.45) is 5.84. The van der Waals surface area contributed by atoms with Gasteiger partial charge in [-0.3, -0.25) is 0 Å². The van der Waals surface area contributed by atoms with Crippen molar-refractivity contribution >= 4 is 5.95 Å². The number of piperidine rings is 1. The maximum atomic E-state index is 12.6. The molecule has 2 heterocycles. The number of rotatable bonds is 6. The first-order chi connectivity index (χ1) is 9.24. The minimum absolute atomic E-state index is 0.401. The van der Waals surface area contributed by atoms with Crippen molar-refractivity contribution in [3.63, 3.8) is 0 Å². The first kappa shape index (κ1) is 14.1. The van der Waals surface area contributed by atoms with E-state index in [0.717, 1.165) is 57.9 Å². The fraction of sp³-hybridized carbons (Fsp3) is 0.692. The summed E-state index contributed by atoms with van der Waals surface area (Å²) in [5.41, 5.74) is 0. The van der Waals surface area contributed by atoms with E-state index in [1.165, 1.54) is 0 Å². The Balaban J connectivity index is 1.53. The Hall–Kier alpha value is -1.27. The lowest BCUT2D eigenvalue weighted by atomic mass is 10.1. The zero-order valence-corrected chi connectivity index (χ0v) is 11.3. The number of nitrogens with one attached hydrogen (secondary N) is 1. The lowest BCUT2D eigenvalue weighted by Crippen LogP contribution is -2.34. The van der Waals surface area contributed by atoms with E-state index in [1.54, 1.807) is 0 Å². The van der Waals surface area contributed by atoms with Crippen molar-refractivity contribution in [1.29, 1.82) is 0 Å². The van der Waals surface area contributed by atoms with Gasteiger partial charge < -0.3 is 15.0 Å². The highest BCUT2D eigenvalue weighted by Crippen LogP contribution is 2.12. The highest BCUT2D eigenvalue weighted by Gasteiger charge is 2.16. The maximum Gasteiger partial charge on any atom is 0.222 e. The van der Waals surface area contributed by atoms with Crippen LogP contribution in [0.1, 0.15) is 19.3 Å². The molecular formula is C13H21FN4O. The lowest BCUT2D eigenvalue weighted by molar-refractivity contribution is 0.0125. The molecule has 0 saturated carbocycles. The molecule has 0 aliphatic carbocycles. The van der Waals surface area contributed by atoms with E-state index < -0.39 is 5.82 Å². The summed E-state index contributed by atoms with van der Waals surface area (Å²) in [6, 6.07) is 0. The number of nitrogens with zero attached hydrogens (tertiary/aromatic N) is 3. The third kappa shape index (κ3) is 5.08. The highest BCUT2D eigenvalue weighted by molar-refractivity contribution is 5.21. The van der Waals surface area contributed by atoms with E-state index in [1.807, 2.05) is 0 Å². The molecule has 0 bridgehead atoms. The maximum absolute atomic E-state index is 12.6. The van der Waals surface area contributed by atoms with Crippen molar-refractivity contribution in [2.24, 2.45) is 0 Å². The van der Waals surface area contributed by atoms with Crippen molar-refractivity contribution in [2.75, 3.05) is 38.6 Å². The number of hydrogen-bond acceptors (Lipinski definition) is 5. The van der Waals surface area contributed by atoms with Gasteiger partial charge in [-0.15, -0.1) is 0 Å². The molecule has 1 aliphatic heterocycles. The molecule has 0 unspecified atom stereocenters. The number of anilines is 1. The van der Waals surface area contributed by atoms with Crippen LogP contribution in [0.5, 0.6) is 0 Å². The lowest BCUT2D eigenvalue weighted by Gasteiger charge is -2.28. The molecule has 1 aromatic heterocycles. The van der Waals surface area contributed by atoms with Crippen LogP contribution in [0.25, 0.3) is 0 Å². The number of aromatic nitrogens is 2. The molecular weight excluding hydrogens is 247 g/mol. The largest absolute Gasteiger partial charge is 0.378 e. The summed E-state index contributed by atoms with van der Waals surface area (Å²) in [6.45, 7) is 3.71. The molecule has 19 heavy (non-hydrogen) atoms. The number of ether oxygens (including phenoxy) is 1. The molecule has 1 aliphatic rings. The zero-order valence-electron chi connectivity index (χ0n) is 11.3. The average molecular weight is 268 g/mol. The van der Waals surface area contributed by atoms with Crippen LogP contribution in [0.15, 0.2) is 12.4 Å². The third-order valence-corrected chi connectivity index (χ3v) is 3.24. The summed E-state index contributed by atoms with van der Waals surface area (Å²) in [4.78, 5) is 9.99. The van der Waals surface area contributed by atoms with Gasteiger partial charge in [-0.25, -0.2) is 14.4 Å². The van der Waals surface area contributed by atoms with Crippen molar-refractivity contribution in [3.05, 3.63) is 18.2 Å². The summed E-state index contributed by atoms with van der Waals surface area (Å²) >= 11 is 0. The first-order valence-electron chi connectivity index (χ1n) is 6.75. The van der Waals surface area contributed by atoms with Crippen LogP contribution in [0.3, 0.4) is 0 Å². The van der Waals surface area contributed by atoms with E-state index in [9.17, 15) is 4.39 Å². The van der Waals surface area contributed by atoms with Crippen LogP contribution in [0.2, 0.25) is 0 Å². The van der Waals surface area contributed by atoms with E-state index in [4.69, 9.17) is 4.74 Å².